The molecule has 5 nitrogen and oxygen atoms in total. The van der Waals surface area contributed by atoms with Gasteiger partial charge in [0.15, 0.2) is 0 Å². The van der Waals surface area contributed by atoms with E-state index in [0.29, 0.717) is 12.8 Å². The summed E-state index contributed by atoms with van der Waals surface area (Å²) in [7, 11) is 1.65. The minimum absolute atomic E-state index is 0.143. The van der Waals surface area contributed by atoms with E-state index >= 15 is 0 Å². The van der Waals surface area contributed by atoms with E-state index in [2.05, 4.69) is 0 Å². The monoisotopic (exact) mass is 381 g/mol. The fourth-order valence-electron chi connectivity index (χ4n) is 4.30. The van der Waals surface area contributed by atoms with E-state index in [-0.39, 0.29) is 23.3 Å². The molecule has 1 fully saturated rings. The number of hydrogen-bond donors (Lipinski definition) is 0. The highest BCUT2D eigenvalue weighted by Gasteiger charge is 2.51. The molecular formula is C21H19NO4S. The van der Waals surface area contributed by atoms with Crippen LogP contribution < -0.4 is 4.74 Å². The lowest BCUT2D eigenvalue weighted by Gasteiger charge is -2.28. The average molecular weight is 381 g/mol. The lowest BCUT2D eigenvalue weighted by Crippen LogP contribution is -2.42. The first-order chi connectivity index (χ1) is 13.2. The molecule has 2 heterocycles. The van der Waals surface area contributed by atoms with Gasteiger partial charge in [-0.15, -0.1) is 11.8 Å². The Kier molecular flexibility index (Phi) is 3.90. The lowest BCUT2D eigenvalue weighted by molar-refractivity contribution is -0.128. The molecule has 138 valence electrons. The zero-order valence-corrected chi connectivity index (χ0v) is 15.7. The predicted octanol–water partition coefficient (Wildman–Crippen LogP) is 3.50. The maximum atomic E-state index is 13.3. The maximum Gasteiger partial charge on any atom is 0.417 e. The molecule has 0 aromatic heterocycles. The third-order valence-electron chi connectivity index (χ3n) is 5.65. The third kappa shape index (κ3) is 2.62. The van der Waals surface area contributed by atoms with Crippen LogP contribution >= 0.6 is 11.8 Å². The van der Waals surface area contributed by atoms with Gasteiger partial charge in [0.05, 0.1) is 12.4 Å². The average Bonchev–Trinajstić information content (AvgIpc) is 3.20. The highest BCUT2D eigenvalue weighted by Crippen LogP contribution is 2.44. The van der Waals surface area contributed by atoms with Crippen molar-refractivity contribution in [2.24, 2.45) is 0 Å². The second kappa shape index (κ2) is 6.30. The van der Waals surface area contributed by atoms with Gasteiger partial charge in [0, 0.05) is 12.2 Å². The maximum absolute atomic E-state index is 13.3. The van der Waals surface area contributed by atoms with Crippen LogP contribution in [0.5, 0.6) is 5.75 Å². The number of thioether (sulfide) groups is 1. The number of benzene rings is 2. The number of rotatable bonds is 2. The summed E-state index contributed by atoms with van der Waals surface area (Å²) < 4.78 is 10.8. The Labute approximate surface area is 161 Å². The fourth-order valence-corrected chi connectivity index (χ4v) is 5.50. The molecule has 0 unspecified atom stereocenters. The van der Waals surface area contributed by atoms with E-state index < -0.39 is 6.09 Å². The first-order valence-corrected chi connectivity index (χ1v) is 10.1. The second-order valence-electron chi connectivity index (χ2n) is 7.12. The molecule has 2 aliphatic heterocycles. The van der Waals surface area contributed by atoms with Gasteiger partial charge in [-0.3, -0.25) is 4.79 Å². The summed E-state index contributed by atoms with van der Waals surface area (Å²) in [4.78, 5) is 27.1. The first-order valence-electron chi connectivity index (χ1n) is 9.04. The number of carbonyl (C=O) groups is 2. The Bertz CT molecular complexity index is 944. The zero-order chi connectivity index (χ0) is 18.5. The Morgan fingerprint density at radius 2 is 2.00 bits per heavy atom. The topological polar surface area (TPSA) is 55.8 Å². The van der Waals surface area contributed by atoms with Crippen molar-refractivity contribution >= 4 is 23.8 Å². The van der Waals surface area contributed by atoms with E-state index in [9.17, 15) is 9.59 Å². The van der Waals surface area contributed by atoms with Crippen LogP contribution in [0.4, 0.5) is 4.79 Å². The van der Waals surface area contributed by atoms with Crippen LogP contribution in [0, 0.1) is 0 Å². The summed E-state index contributed by atoms with van der Waals surface area (Å²) in [5.41, 5.74) is 4.53. The second-order valence-corrected chi connectivity index (χ2v) is 8.31. The molecule has 1 saturated heterocycles. The molecule has 2 aromatic carbocycles. The van der Waals surface area contributed by atoms with Crippen LogP contribution in [-0.4, -0.2) is 35.4 Å². The normalized spacial score (nSPS) is 25.4. The minimum atomic E-state index is -0.509. The molecule has 0 saturated carbocycles. The molecule has 0 spiro atoms. The molecule has 0 bridgehead atoms. The van der Waals surface area contributed by atoms with Crippen molar-refractivity contribution in [1.82, 2.24) is 4.90 Å². The Hall–Kier alpha value is -2.47. The van der Waals surface area contributed by atoms with Crippen molar-refractivity contribution in [2.45, 2.75) is 36.0 Å². The number of hydrogen-bond acceptors (Lipinski definition) is 5. The molecule has 3 atom stereocenters. The Balaban J connectivity index is 1.41. The molecule has 27 heavy (non-hydrogen) atoms. The van der Waals surface area contributed by atoms with Crippen molar-refractivity contribution in [2.75, 3.05) is 7.11 Å². The quantitative estimate of drug-likeness (QED) is 0.797. The Morgan fingerprint density at radius 3 is 2.85 bits per heavy atom. The summed E-state index contributed by atoms with van der Waals surface area (Å²) >= 11 is 1.58. The SMILES string of the molecule is COc1ccc2c(c1)CS[C@@H](C(=O)N1C(=O)O[C@H]3Cc4ccccc4[C@H]31)C2. The largest absolute Gasteiger partial charge is 0.497 e. The van der Waals surface area contributed by atoms with Gasteiger partial charge in [-0.05, 0) is 40.8 Å². The molecule has 0 N–H and O–H groups in total. The summed E-state index contributed by atoms with van der Waals surface area (Å²) in [5.74, 6) is 1.42. The number of nitrogens with zero attached hydrogens (tertiary/aromatic N) is 1. The van der Waals surface area contributed by atoms with Crippen molar-refractivity contribution in [3.63, 3.8) is 0 Å². The van der Waals surface area contributed by atoms with Crippen LogP contribution in [0.2, 0.25) is 0 Å². The van der Waals surface area contributed by atoms with Crippen molar-refractivity contribution < 1.29 is 19.1 Å². The fraction of sp³-hybridized carbons (Fsp3) is 0.333. The first kappa shape index (κ1) is 16.7. The number of imide groups is 1. The number of ether oxygens (including phenoxy) is 2. The van der Waals surface area contributed by atoms with Crippen LogP contribution in [0.1, 0.15) is 28.3 Å². The van der Waals surface area contributed by atoms with Gasteiger partial charge >= 0.3 is 6.09 Å². The van der Waals surface area contributed by atoms with Crippen molar-refractivity contribution in [3.05, 3.63) is 64.7 Å². The molecule has 3 aliphatic rings. The van der Waals surface area contributed by atoms with E-state index in [0.717, 1.165) is 28.2 Å². The molecule has 2 amide bonds. The summed E-state index contributed by atoms with van der Waals surface area (Å²) in [6.45, 7) is 0. The smallest absolute Gasteiger partial charge is 0.417 e. The van der Waals surface area contributed by atoms with Gasteiger partial charge in [0.2, 0.25) is 5.91 Å². The standard InChI is InChI=1S/C21H19NO4S/c1-25-15-7-6-12-10-18(27-11-14(12)8-15)20(23)22-19-16-5-3-2-4-13(16)9-17(19)26-21(22)24/h2-8,17-19H,9-11H2,1H3/t17-,18+,19+/m0/s1. The van der Waals surface area contributed by atoms with Crippen LogP contribution in [-0.2, 0) is 28.1 Å². The van der Waals surface area contributed by atoms with Crippen LogP contribution in [0.3, 0.4) is 0 Å². The van der Waals surface area contributed by atoms with E-state index in [1.807, 2.05) is 42.5 Å². The zero-order valence-electron chi connectivity index (χ0n) is 14.9. The van der Waals surface area contributed by atoms with Crippen LogP contribution in [0.25, 0.3) is 0 Å². The predicted molar refractivity (Wildman–Crippen MR) is 102 cm³/mol. The summed E-state index contributed by atoms with van der Waals surface area (Å²) in [5, 5.41) is -0.273. The van der Waals surface area contributed by atoms with Gasteiger partial charge in [0.25, 0.3) is 0 Å². The molecule has 6 heteroatoms. The van der Waals surface area contributed by atoms with Gasteiger partial charge in [-0.1, -0.05) is 30.3 Å². The van der Waals surface area contributed by atoms with Gasteiger partial charge in [-0.25, -0.2) is 9.69 Å². The number of amides is 2. The molecule has 0 radical (unpaired) electrons. The molecular weight excluding hydrogens is 362 g/mol. The van der Waals surface area contributed by atoms with Crippen LogP contribution in [0.15, 0.2) is 42.5 Å². The lowest BCUT2D eigenvalue weighted by atomic mass is 10.0. The van der Waals surface area contributed by atoms with Crippen molar-refractivity contribution in [3.8, 4) is 5.75 Å². The molecule has 2 aromatic rings. The summed E-state index contributed by atoms with van der Waals surface area (Å²) in [6.07, 6.45) is 0.525. The minimum Gasteiger partial charge on any atom is -0.497 e. The van der Waals surface area contributed by atoms with E-state index in [4.69, 9.17) is 9.47 Å². The molecule has 1 aliphatic carbocycles. The summed E-state index contributed by atoms with van der Waals surface area (Å²) in [6, 6.07) is 13.6. The highest BCUT2D eigenvalue weighted by molar-refractivity contribution is 7.99. The number of carbonyl (C=O) groups excluding carboxylic acids is 2. The van der Waals surface area contributed by atoms with E-state index in [1.165, 1.54) is 10.5 Å². The van der Waals surface area contributed by atoms with E-state index in [1.54, 1.807) is 18.9 Å². The molecule has 5 rings (SSSR count). The van der Waals surface area contributed by atoms with Gasteiger partial charge in [0.1, 0.15) is 17.9 Å². The van der Waals surface area contributed by atoms with Crippen molar-refractivity contribution in [1.29, 1.82) is 0 Å². The third-order valence-corrected chi connectivity index (χ3v) is 6.89. The van der Waals surface area contributed by atoms with Gasteiger partial charge < -0.3 is 9.47 Å². The highest BCUT2D eigenvalue weighted by atomic mass is 32.2. The number of methoxy groups -OCH3 is 1. The number of fused-ring (bicyclic) bond motifs is 4. The Morgan fingerprint density at radius 1 is 1.15 bits per heavy atom. The van der Waals surface area contributed by atoms with Gasteiger partial charge in [-0.2, -0.15) is 0 Å².